The zero-order valence-electron chi connectivity index (χ0n) is 8.19. The molecule has 0 bridgehead atoms. The second kappa shape index (κ2) is 3.65. The molecule has 0 radical (unpaired) electrons. The molecule has 0 atom stereocenters. The minimum absolute atomic E-state index is 0.146. The molecular formula is C11H10O4. The van der Waals surface area contributed by atoms with Crippen LogP contribution in [-0.4, -0.2) is 18.2 Å². The zero-order chi connectivity index (χ0) is 10.8. The van der Waals surface area contributed by atoms with Crippen molar-refractivity contribution in [3.05, 3.63) is 30.0 Å². The van der Waals surface area contributed by atoms with Gasteiger partial charge in [-0.1, -0.05) is 0 Å². The quantitative estimate of drug-likeness (QED) is 0.762. The number of hydrogen-bond acceptors (Lipinski definition) is 4. The van der Waals surface area contributed by atoms with E-state index in [0.29, 0.717) is 11.1 Å². The molecule has 4 heteroatoms. The average Bonchev–Trinajstić information content (AvgIpc) is 2.61. The lowest BCUT2D eigenvalue weighted by atomic mass is 10.1. The fourth-order valence-corrected chi connectivity index (χ4v) is 1.43. The molecule has 0 aliphatic heterocycles. The first-order valence-electron chi connectivity index (χ1n) is 4.46. The van der Waals surface area contributed by atoms with Crippen LogP contribution in [0.15, 0.2) is 28.9 Å². The van der Waals surface area contributed by atoms with Gasteiger partial charge >= 0.3 is 5.97 Å². The number of carbonyl (C=O) groups is 1. The summed E-state index contributed by atoms with van der Waals surface area (Å²) in [6.45, 7) is 0. The summed E-state index contributed by atoms with van der Waals surface area (Å²) in [5.74, 6) is -0.184. The summed E-state index contributed by atoms with van der Waals surface area (Å²) >= 11 is 0. The lowest BCUT2D eigenvalue weighted by Gasteiger charge is -1.97. The van der Waals surface area contributed by atoms with Crippen LogP contribution in [0.3, 0.4) is 0 Å². The number of esters is 1. The lowest BCUT2D eigenvalue weighted by Crippen LogP contribution is -2.03. The largest absolute Gasteiger partial charge is 0.508 e. The van der Waals surface area contributed by atoms with Gasteiger partial charge in [0.2, 0.25) is 0 Å². The second-order valence-corrected chi connectivity index (χ2v) is 3.19. The van der Waals surface area contributed by atoms with Crippen LogP contribution in [0.5, 0.6) is 5.75 Å². The molecule has 2 aromatic rings. The Kier molecular flexibility index (Phi) is 2.33. The fraction of sp³-hybridized carbons (Fsp3) is 0.182. The van der Waals surface area contributed by atoms with E-state index in [1.165, 1.54) is 19.4 Å². The van der Waals surface area contributed by atoms with Crippen molar-refractivity contribution in [2.24, 2.45) is 0 Å². The highest BCUT2D eigenvalue weighted by Gasteiger charge is 2.10. The van der Waals surface area contributed by atoms with Gasteiger partial charge in [0, 0.05) is 10.9 Å². The van der Waals surface area contributed by atoms with Gasteiger partial charge in [0.05, 0.1) is 19.8 Å². The van der Waals surface area contributed by atoms with Gasteiger partial charge in [-0.05, 0) is 18.2 Å². The van der Waals surface area contributed by atoms with Crippen LogP contribution in [0.25, 0.3) is 11.0 Å². The van der Waals surface area contributed by atoms with Crippen LogP contribution in [0, 0.1) is 0 Å². The SMILES string of the molecule is COC(=O)Cc1coc2ccc(O)cc12. The summed E-state index contributed by atoms with van der Waals surface area (Å²) < 4.78 is 9.79. The number of carbonyl (C=O) groups excluding carboxylic acids is 1. The summed E-state index contributed by atoms with van der Waals surface area (Å²) in [6.07, 6.45) is 1.65. The number of fused-ring (bicyclic) bond motifs is 1. The van der Waals surface area contributed by atoms with Crippen LogP contribution in [0.2, 0.25) is 0 Å². The monoisotopic (exact) mass is 206 g/mol. The second-order valence-electron chi connectivity index (χ2n) is 3.19. The molecule has 1 aromatic heterocycles. The summed E-state index contributed by atoms with van der Waals surface area (Å²) in [6, 6.07) is 4.76. The fourth-order valence-electron chi connectivity index (χ4n) is 1.43. The number of benzene rings is 1. The highest BCUT2D eigenvalue weighted by atomic mass is 16.5. The molecule has 78 valence electrons. The standard InChI is InChI=1S/C11H10O4/c1-14-11(13)4-7-6-15-10-3-2-8(12)5-9(7)10/h2-3,5-6,12H,4H2,1H3. The first-order chi connectivity index (χ1) is 7.20. The average molecular weight is 206 g/mol. The molecule has 0 saturated heterocycles. The molecule has 1 heterocycles. The third-order valence-corrected chi connectivity index (χ3v) is 2.20. The Bertz CT molecular complexity index is 498. The molecule has 1 N–H and O–H groups in total. The Morgan fingerprint density at radius 1 is 1.53 bits per heavy atom. The maximum absolute atomic E-state index is 11.1. The Labute approximate surface area is 86.1 Å². The smallest absolute Gasteiger partial charge is 0.310 e. The number of aromatic hydroxyl groups is 1. The van der Waals surface area contributed by atoms with Crippen molar-refractivity contribution in [2.75, 3.05) is 7.11 Å². The van der Waals surface area contributed by atoms with E-state index in [4.69, 9.17) is 4.42 Å². The van der Waals surface area contributed by atoms with Crippen LogP contribution in [0.1, 0.15) is 5.56 Å². The van der Waals surface area contributed by atoms with E-state index in [9.17, 15) is 9.90 Å². The van der Waals surface area contributed by atoms with Gasteiger partial charge in [-0.15, -0.1) is 0 Å². The van der Waals surface area contributed by atoms with Crippen molar-refractivity contribution in [3.63, 3.8) is 0 Å². The van der Waals surface area contributed by atoms with Gasteiger partial charge in [-0.25, -0.2) is 0 Å². The number of phenolic OH excluding ortho intramolecular Hbond substituents is 1. The predicted octanol–water partition coefficient (Wildman–Crippen LogP) is 1.85. The molecule has 0 aliphatic carbocycles. The van der Waals surface area contributed by atoms with Crippen LogP contribution in [0.4, 0.5) is 0 Å². The number of methoxy groups -OCH3 is 1. The minimum atomic E-state index is -0.332. The van der Waals surface area contributed by atoms with Crippen molar-refractivity contribution >= 4 is 16.9 Å². The highest BCUT2D eigenvalue weighted by Crippen LogP contribution is 2.25. The van der Waals surface area contributed by atoms with Crippen molar-refractivity contribution < 1.29 is 19.1 Å². The molecule has 4 nitrogen and oxygen atoms in total. The van der Waals surface area contributed by atoms with Gasteiger partial charge in [0.25, 0.3) is 0 Å². The van der Waals surface area contributed by atoms with Crippen molar-refractivity contribution in [2.45, 2.75) is 6.42 Å². The van der Waals surface area contributed by atoms with Gasteiger partial charge in [0.1, 0.15) is 11.3 Å². The first-order valence-corrected chi connectivity index (χ1v) is 4.46. The van der Waals surface area contributed by atoms with Gasteiger partial charge in [-0.2, -0.15) is 0 Å². The Balaban J connectivity index is 2.43. The maximum Gasteiger partial charge on any atom is 0.310 e. The number of ether oxygens (including phenoxy) is 1. The minimum Gasteiger partial charge on any atom is -0.508 e. The maximum atomic E-state index is 11.1. The van der Waals surface area contributed by atoms with E-state index in [-0.39, 0.29) is 18.1 Å². The van der Waals surface area contributed by atoms with Gasteiger partial charge < -0.3 is 14.3 Å². The molecule has 15 heavy (non-hydrogen) atoms. The number of phenols is 1. The normalized spacial score (nSPS) is 10.5. The molecular weight excluding hydrogens is 196 g/mol. The van der Waals surface area contributed by atoms with Gasteiger partial charge in [-0.3, -0.25) is 4.79 Å². The van der Waals surface area contributed by atoms with Crippen molar-refractivity contribution in [1.82, 2.24) is 0 Å². The van der Waals surface area contributed by atoms with E-state index in [1.54, 1.807) is 12.1 Å². The van der Waals surface area contributed by atoms with Crippen LogP contribution in [-0.2, 0) is 16.0 Å². The lowest BCUT2D eigenvalue weighted by molar-refractivity contribution is -0.139. The first kappa shape index (κ1) is 9.58. The molecule has 0 aliphatic rings. The van der Waals surface area contributed by atoms with Crippen LogP contribution >= 0.6 is 0 Å². The molecule has 0 unspecified atom stereocenters. The van der Waals surface area contributed by atoms with E-state index >= 15 is 0 Å². The summed E-state index contributed by atoms with van der Waals surface area (Å²) in [5, 5.41) is 10.0. The molecule has 0 amide bonds. The van der Waals surface area contributed by atoms with E-state index in [1.807, 2.05) is 0 Å². The van der Waals surface area contributed by atoms with Crippen molar-refractivity contribution in [1.29, 1.82) is 0 Å². The topological polar surface area (TPSA) is 59.7 Å². The highest BCUT2D eigenvalue weighted by molar-refractivity contribution is 5.86. The number of furan rings is 1. The van der Waals surface area contributed by atoms with E-state index in [2.05, 4.69) is 4.74 Å². The summed E-state index contributed by atoms with van der Waals surface area (Å²) in [7, 11) is 1.34. The Hall–Kier alpha value is -1.97. The van der Waals surface area contributed by atoms with Crippen LogP contribution < -0.4 is 0 Å². The molecule has 2 rings (SSSR count). The Morgan fingerprint density at radius 3 is 3.07 bits per heavy atom. The van der Waals surface area contributed by atoms with Crippen molar-refractivity contribution in [3.8, 4) is 5.75 Å². The summed E-state index contributed by atoms with van der Waals surface area (Å²) in [4.78, 5) is 11.1. The van der Waals surface area contributed by atoms with E-state index in [0.717, 1.165) is 5.39 Å². The predicted molar refractivity (Wildman–Crippen MR) is 53.6 cm³/mol. The van der Waals surface area contributed by atoms with Gasteiger partial charge in [0.15, 0.2) is 0 Å². The summed E-state index contributed by atoms with van der Waals surface area (Å²) in [5.41, 5.74) is 1.36. The number of hydrogen-bond donors (Lipinski definition) is 1. The zero-order valence-corrected chi connectivity index (χ0v) is 8.19. The molecule has 0 saturated carbocycles. The third-order valence-electron chi connectivity index (χ3n) is 2.20. The molecule has 0 fully saturated rings. The molecule has 0 spiro atoms. The Morgan fingerprint density at radius 2 is 2.33 bits per heavy atom. The van der Waals surface area contributed by atoms with E-state index < -0.39 is 0 Å². The third kappa shape index (κ3) is 1.79. The molecule has 1 aromatic carbocycles. The number of rotatable bonds is 2.